The van der Waals surface area contributed by atoms with E-state index in [2.05, 4.69) is 15.9 Å². The van der Waals surface area contributed by atoms with Crippen molar-refractivity contribution in [2.75, 3.05) is 0 Å². The first-order valence-corrected chi connectivity index (χ1v) is 6.81. The fourth-order valence-electron chi connectivity index (χ4n) is 1.79. The summed E-state index contributed by atoms with van der Waals surface area (Å²) in [6, 6.07) is 8.57. The van der Waals surface area contributed by atoms with E-state index in [1.165, 1.54) is 31.2 Å². The zero-order chi connectivity index (χ0) is 14.7. The SMILES string of the molecule is C[C@H](O)c1cc(F)ccc1OCc1cccc(F)c1Br. The summed E-state index contributed by atoms with van der Waals surface area (Å²) >= 11 is 3.15. The van der Waals surface area contributed by atoms with Crippen LogP contribution in [0.3, 0.4) is 0 Å². The Balaban J connectivity index is 2.21. The highest BCUT2D eigenvalue weighted by molar-refractivity contribution is 9.10. The van der Waals surface area contributed by atoms with Gasteiger partial charge in [0.15, 0.2) is 0 Å². The van der Waals surface area contributed by atoms with Crippen LogP contribution in [-0.4, -0.2) is 5.11 Å². The molecule has 0 saturated heterocycles. The van der Waals surface area contributed by atoms with Crippen molar-refractivity contribution < 1.29 is 18.6 Å². The van der Waals surface area contributed by atoms with Crippen LogP contribution in [0.15, 0.2) is 40.9 Å². The summed E-state index contributed by atoms with van der Waals surface area (Å²) in [6.45, 7) is 1.64. The van der Waals surface area contributed by atoms with Crippen LogP contribution in [0.25, 0.3) is 0 Å². The summed E-state index contributed by atoms with van der Waals surface area (Å²) in [5.41, 5.74) is 0.989. The lowest BCUT2D eigenvalue weighted by Crippen LogP contribution is -2.02. The van der Waals surface area contributed by atoms with Gasteiger partial charge in [-0.25, -0.2) is 8.78 Å². The number of aliphatic hydroxyl groups is 1. The maximum absolute atomic E-state index is 13.4. The van der Waals surface area contributed by atoms with Gasteiger partial charge in [-0.1, -0.05) is 12.1 Å². The molecular formula is C15H13BrF2O2. The minimum Gasteiger partial charge on any atom is -0.488 e. The molecule has 106 valence electrons. The van der Waals surface area contributed by atoms with E-state index >= 15 is 0 Å². The third-order valence-corrected chi connectivity index (χ3v) is 3.72. The predicted molar refractivity (Wildman–Crippen MR) is 75.5 cm³/mol. The van der Waals surface area contributed by atoms with Crippen LogP contribution in [0.2, 0.25) is 0 Å². The van der Waals surface area contributed by atoms with E-state index in [4.69, 9.17) is 4.74 Å². The smallest absolute Gasteiger partial charge is 0.137 e. The highest BCUT2D eigenvalue weighted by Gasteiger charge is 2.12. The molecule has 0 spiro atoms. The molecule has 0 heterocycles. The van der Waals surface area contributed by atoms with E-state index in [9.17, 15) is 13.9 Å². The van der Waals surface area contributed by atoms with E-state index in [-0.39, 0.29) is 12.4 Å². The van der Waals surface area contributed by atoms with Crippen molar-refractivity contribution in [2.24, 2.45) is 0 Å². The maximum atomic E-state index is 13.4. The van der Waals surface area contributed by atoms with Crippen LogP contribution >= 0.6 is 15.9 Å². The van der Waals surface area contributed by atoms with Crippen LogP contribution in [0, 0.1) is 11.6 Å². The number of aliphatic hydroxyl groups excluding tert-OH is 1. The molecular weight excluding hydrogens is 330 g/mol. The molecule has 2 aromatic carbocycles. The standard InChI is InChI=1S/C15H13BrF2O2/c1-9(19)12-7-11(17)5-6-14(12)20-8-10-3-2-4-13(18)15(10)16/h2-7,9,19H,8H2,1H3/t9-/m0/s1. The molecule has 5 heteroatoms. The maximum Gasteiger partial charge on any atom is 0.137 e. The van der Waals surface area contributed by atoms with E-state index in [0.29, 0.717) is 21.3 Å². The third-order valence-electron chi connectivity index (χ3n) is 2.84. The fourth-order valence-corrected chi connectivity index (χ4v) is 2.17. The molecule has 2 nitrogen and oxygen atoms in total. The second-order valence-corrected chi connectivity index (χ2v) is 5.15. The van der Waals surface area contributed by atoms with Crippen LogP contribution in [0.5, 0.6) is 5.75 Å². The van der Waals surface area contributed by atoms with Crippen molar-refractivity contribution in [3.05, 3.63) is 63.6 Å². The van der Waals surface area contributed by atoms with Crippen molar-refractivity contribution in [2.45, 2.75) is 19.6 Å². The predicted octanol–water partition coefficient (Wildman–Crippen LogP) is 4.36. The van der Waals surface area contributed by atoms with Gasteiger partial charge >= 0.3 is 0 Å². The molecule has 1 atom stereocenters. The minimum atomic E-state index is -0.850. The minimum absolute atomic E-state index is 0.115. The van der Waals surface area contributed by atoms with Crippen molar-refractivity contribution in [3.63, 3.8) is 0 Å². The Kier molecular flexibility index (Phi) is 4.73. The lowest BCUT2D eigenvalue weighted by molar-refractivity contribution is 0.189. The van der Waals surface area contributed by atoms with Gasteiger partial charge in [0.25, 0.3) is 0 Å². The molecule has 0 aliphatic carbocycles. The Labute approximate surface area is 124 Å². The van der Waals surface area contributed by atoms with Gasteiger partial charge in [0.05, 0.1) is 10.6 Å². The molecule has 20 heavy (non-hydrogen) atoms. The number of benzene rings is 2. The molecule has 0 unspecified atom stereocenters. The summed E-state index contributed by atoms with van der Waals surface area (Å²) in [6.07, 6.45) is -0.850. The molecule has 1 N–H and O–H groups in total. The number of hydrogen-bond acceptors (Lipinski definition) is 2. The summed E-state index contributed by atoms with van der Waals surface area (Å²) in [5, 5.41) is 9.61. The molecule has 0 amide bonds. The number of rotatable bonds is 4. The quantitative estimate of drug-likeness (QED) is 0.894. The van der Waals surface area contributed by atoms with Gasteiger partial charge in [-0.2, -0.15) is 0 Å². The Bertz CT molecular complexity index is 615. The fraction of sp³-hybridized carbons (Fsp3) is 0.200. The molecule has 0 aliphatic rings. The normalized spacial score (nSPS) is 12.2. The molecule has 0 fully saturated rings. The molecule has 0 aliphatic heterocycles. The van der Waals surface area contributed by atoms with Gasteiger partial charge in [0, 0.05) is 11.1 Å². The number of ether oxygens (including phenoxy) is 1. The third kappa shape index (κ3) is 3.35. The summed E-state index contributed by atoms with van der Waals surface area (Å²) in [5.74, 6) is -0.446. The highest BCUT2D eigenvalue weighted by Crippen LogP contribution is 2.28. The molecule has 2 aromatic rings. The van der Waals surface area contributed by atoms with Crippen molar-refractivity contribution in [1.82, 2.24) is 0 Å². The van der Waals surface area contributed by atoms with Crippen LogP contribution in [0.4, 0.5) is 8.78 Å². The first kappa shape index (κ1) is 14.9. The van der Waals surface area contributed by atoms with Crippen molar-refractivity contribution in [3.8, 4) is 5.75 Å². The van der Waals surface area contributed by atoms with Gasteiger partial charge in [-0.15, -0.1) is 0 Å². The molecule has 0 saturated carbocycles. The van der Waals surface area contributed by atoms with Gasteiger partial charge in [0.1, 0.15) is 24.0 Å². The van der Waals surface area contributed by atoms with E-state index in [0.717, 1.165) is 0 Å². The second kappa shape index (κ2) is 6.33. The summed E-state index contributed by atoms with van der Waals surface area (Å²) in [7, 11) is 0. The first-order valence-electron chi connectivity index (χ1n) is 6.02. The molecule has 0 radical (unpaired) electrons. The monoisotopic (exact) mass is 342 g/mol. The van der Waals surface area contributed by atoms with Crippen LogP contribution in [0.1, 0.15) is 24.2 Å². The van der Waals surface area contributed by atoms with Gasteiger partial charge in [-0.3, -0.25) is 0 Å². The van der Waals surface area contributed by atoms with Crippen LogP contribution in [-0.2, 0) is 6.61 Å². The second-order valence-electron chi connectivity index (χ2n) is 4.36. The molecule has 0 aromatic heterocycles. The Morgan fingerprint density at radius 2 is 2.00 bits per heavy atom. The molecule has 0 bridgehead atoms. The van der Waals surface area contributed by atoms with Crippen molar-refractivity contribution >= 4 is 15.9 Å². The number of hydrogen-bond donors (Lipinski definition) is 1. The van der Waals surface area contributed by atoms with E-state index < -0.39 is 11.9 Å². The average Bonchev–Trinajstić information content (AvgIpc) is 2.41. The largest absolute Gasteiger partial charge is 0.488 e. The lowest BCUT2D eigenvalue weighted by atomic mass is 10.1. The summed E-state index contributed by atoms with van der Waals surface area (Å²) < 4.78 is 32.4. The van der Waals surface area contributed by atoms with Gasteiger partial charge < -0.3 is 9.84 Å². The lowest BCUT2D eigenvalue weighted by Gasteiger charge is -2.14. The van der Waals surface area contributed by atoms with Gasteiger partial charge in [0.2, 0.25) is 0 Å². The van der Waals surface area contributed by atoms with E-state index in [1.54, 1.807) is 12.1 Å². The Hall–Kier alpha value is -1.46. The van der Waals surface area contributed by atoms with E-state index in [1.807, 2.05) is 0 Å². The Morgan fingerprint density at radius 3 is 2.70 bits per heavy atom. The highest BCUT2D eigenvalue weighted by atomic mass is 79.9. The van der Waals surface area contributed by atoms with Gasteiger partial charge in [-0.05, 0) is 47.1 Å². The van der Waals surface area contributed by atoms with Crippen LogP contribution < -0.4 is 4.74 Å². The zero-order valence-corrected chi connectivity index (χ0v) is 12.3. The zero-order valence-electron chi connectivity index (χ0n) is 10.7. The molecule has 2 rings (SSSR count). The summed E-state index contributed by atoms with van der Waals surface area (Å²) in [4.78, 5) is 0. The average molecular weight is 343 g/mol. The first-order chi connectivity index (χ1) is 9.49. The van der Waals surface area contributed by atoms with Crippen molar-refractivity contribution in [1.29, 1.82) is 0 Å². The Morgan fingerprint density at radius 1 is 1.25 bits per heavy atom. The number of halogens is 3. The topological polar surface area (TPSA) is 29.5 Å².